The summed E-state index contributed by atoms with van der Waals surface area (Å²) < 4.78 is 0. The summed E-state index contributed by atoms with van der Waals surface area (Å²) in [5.74, 6) is 2.56. The fourth-order valence-corrected chi connectivity index (χ4v) is 3.82. The maximum atomic E-state index is 6.09. The summed E-state index contributed by atoms with van der Waals surface area (Å²) in [5.41, 5.74) is 6.37. The molecule has 0 amide bonds. The molecule has 2 aliphatic rings. The number of hydrogen-bond donors (Lipinski definition) is 1. The van der Waals surface area contributed by atoms with Crippen LogP contribution >= 0.6 is 11.8 Å². The molecule has 4 heteroatoms. The van der Waals surface area contributed by atoms with Crippen molar-refractivity contribution in [2.24, 2.45) is 5.73 Å². The molecule has 0 spiro atoms. The molecular weight excluding hydrogens is 218 g/mol. The zero-order valence-corrected chi connectivity index (χ0v) is 11.4. The summed E-state index contributed by atoms with van der Waals surface area (Å²) >= 11 is 2.08. The van der Waals surface area contributed by atoms with E-state index >= 15 is 0 Å². The normalized spacial score (nSPS) is 33.8. The summed E-state index contributed by atoms with van der Waals surface area (Å²) in [6.45, 7) is 10.3. The Morgan fingerprint density at radius 1 is 1.25 bits per heavy atom. The Bertz CT molecular complexity index is 228. The van der Waals surface area contributed by atoms with Crippen LogP contribution in [-0.2, 0) is 0 Å². The first kappa shape index (κ1) is 12.7. The van der Waals surface area contributed by atoms with Gasteiger partial charge in [0.15, 0.2) is 0 Å². The molecule has 0 radical (unpaired) electrons. The zero-order chi connectivity index (χ0) is 11.6. The molecule has 1 unspecified atom stereocenters. The molecular formula is C12H25N3S. The van der Waals surface area contributed by atoms with Gasteiger partial charge in [-0.2, -0.15) is 11.8 Å². The molecule has 0 aliphatic carbocycles. The standard InChI is InChI=1S/C12H25N3S/c1-11(2)14-4-3-12(9-13,10-14)15-5-7-16-8-6-15/h11H,3-10,13H2,1-2H3. The van der Waals surface area contributed by atoms with Crippen LogP contribution in [0.1, 0.15) is 20.3 Å². The van der Waals surface area contributed by atoms with Crippen molar-refractivity contribution in [3.63, 3.8) is 0 Å². The van der Waals surface area contributed by atoms with E-state index in [2.05, 4.69) is 35.4 Å². The lowest BCUT2D eigenvalue weighted by molar-refractivity contribution is 0.105. The number of nitrogens with two attached hydrogens (primary N) is 1. The largest absolute Gasteiger partial charge is 0.329 e. The first-order valence-corrected chi connectivity index (χ1v) is 7.60. The fourth-order valence-electron chi connectivity index (χ4n) is 2.92. The van der Waals surface area contributed by atoms with Gasteiger partial charge >= 0.3 is 0 Å². The molecule has 3 nitrogen and oxygen atoms in total. The van der Waals surface area contributed by atoms with Crippen LogP contribution in [0, 0.1) is 0 Å². The lowest BCUT2D eigenvalue weighted by Gasteiger charge is -2.43. The van der Waals surface area contributed by atoms with Crippen molar-refractivity contribution in [1.82, 2.24) is 9.80 Å². The molecule has 1 atom stereocenters. The molecule has 0 bridgehead atoms. The predicted octanol–water partition coefficient (Wildman–Crippen LogP) is 0.847. The van der Waals surface area contributed by atoms with Gasteiger partial charge in [0.1, 0.15) is 0 Å². The van der Waals surface area contributed by atoms with Gasteiger partial charge < -0.3 is 5.73 Å². The lowest BCUT2D eigenvalue weighted by atomic mass is 9.96. The van der Waals surface area contributed by atoms with Gasteiger partial charge in [0.2, 0.25) is 0 Å². The molecule has 2 fully saturated rings. The average molecular weight is 243 g/mol. The maximum absolute atomic E-state index is 6.09. The summed E-state index contributed by atoms with van der Waals surface area (Å²) in [6, 6.07) is 0.660. The summed E-state index contributed by atoms with van der Waals surface area (Å²) in [5, 5.41) is 0. The SMILES string of the molecule is CC(C)N1CCC(CN)(N2CCSCC2)C1. The minimum atomic E-state index is 0.283. The van der Waals surface area contributed by atoms with Crippen LogP contribution in [0.5, 0.6) is 0 Å². The van der Waals surface area contributed by atoms with Gasteiger partial charge in [-0.15, -0.1) is 0 Å². The van der Waals surface area contributed by atoms with E-state index in [1.54, 1.807) is 0 Å². The van der Waals surface area contributed by atoms with Crippen molar-refractivity contribution in [3.8, 4) is 0 Å². The second-order valence-electron chi connectivity index (χ2n) is 5.34. The molecule has 0 aromatic heterocycles. The molecule has 0 aromatic carbocycles. The first-order chi connectivity index (χ1) is 7.68. The van der Waals surface area contributed by atoms with Crippen LogP contribution in [0.3, 0.4) is 0 Å². The second kappa shape index (κ2) is 5.25. The molecule has 0 saturated carbocycles. The third kappa shape index (κ3) is 2.40. The highest BCUT2D eigenvalue weighted by atomic mass is 32.2. The highest BCUT2D eigenvalue weighted by Gasteiger charge is 2.42. The third-order valence-corrected chi connectivity index (χ3v) is 5.10. The quantitative estimate of drug-likeness (QED) is 0.796. The van der Waals surface area contributed by atoms with Crippen LogP contribution in [0.4, 0.5) is 0 Å². The molecule has 94 valence electrons. The number of likely N-dealkylation sites (tertiary alicyclic amines) is 1. The maximum Gasteiger partial charge on any atom is 0.0471 e. The van der Waals surface area contributed by atoms with Crippen molar-refractivity contribution >= 4 is 11.8 Å². The average Bonchev–Trinajstić information content (AvgIpc) is 2.76. The Labute approximate surface area is 104 Å². The van der Waals surface area contributed by atoms with Crippen LogP contribution in [-0.4, -0.2) is 65.6 Å². The molecule has 2 N–H and O–H groups in total. The van der Waals surface area contributed by atoms with Crippen LogP contribution in [0.2, 0.25) is 0 Å². The van der Waals surface area contributed by atoms with Crippen molar-refractivity contribution in [2.45, 2.75) is 31.8 Å². The van der Waals surface area contributed by atoms with Crippen molar-refractivity contribution in [3.05, 3.63) is 0 Å². The highest BCUT2D eigenvalue weighted by Crippen LogP contribution is 2.30. The van der Waals surface area contributed by atoms with Crippen molar-refractivity contribution in [2.75, 3.05) is 44.2 Å². The van der Waals surface area contributed by atoms with Gasteiger partial charge in [-0.25, -0.2) is 0 Å². The van der Waals surface area contributed by atoms with Gasteiger partial charge in [-0.1, -0.05) is 0 Å². The topological polar surface area (TPSA) is 32.5 Å². The van der Waals surface area contributed by atoms with Crippen molar-refractivity contribution < 1.29 is 0 Å². The summed E-state index contributed by atoms with van der Waals surface area (Å²) in [4.78, 5) is 5.24. The van der Waals surface area contributed by atoms with Gasteiger partial charge in [-0.05, 0) is 20.3 Å². The van der Waals surface area contributed by atoms with Crippen LogP contribution < -0.4 is 5.73 Å². The number of rotatable bonds is 3. The Morgan fingerprint density at radius 3 is 2.44 bits per heavy atom. The summed E-state index contributed by atoms with van der Waals surface area (Å²) in [7, 11) is 0. The van der Waals surface area contributed by atoms with E-state index in [-0.39, 0.29) is 5.54 Å². The van der Waals surface area contributed by atoms with Crippen molar-refractivity contribution in [1.29, 1.82) is 0 Å². The smallest absolute Gasteiger partial charge is 0.0471 e. The molecule has 2 saturated heterocycles. The minimum absolute atomic E-state index is 0.283. The van der Waals surface area contributed by atoms with Crippen LogP contribution in [0.15, 0.2) is 0 Å². The van der Waals surface area contributed by atoms with E-state index in [4.69, 9.17) is 5.73 Å². The second-order valence-corrected chi connectivity index (χ2v) is 6.57. The van der Waals surface area contributed by atoms with E-state index in [1.165, 1.54) is 44.1 Å². The molecule has 0 aromatic rings. The Hall–Kier alpha value is 0.230. The van der Waals surface area contributed by atoms with Gasteiger partial charge in [0, 0.05) is 55.8 Å². The van der Waals surface area contributed by atoms with E-state index in [9.17, 15) is 0 Å². The molecule has 2 rings (SSSR count). The Morgan fingerprint density at radius 2 is 1.94 bits per heavy atom. The zero-order valence-electron chi connectivity index (χ0n) is 10.6. The predicted molar refractivity (Wildman–Crippen MR) is 72.0 cm³/mol. The Kier molecular flexibility index (Phi) is 4.16. The highest BCUT2D eigenvalue weighted by molar-refractivity contribution is 7.99. The first-order valence-electron chi connectivity index (χ1n) is 6.45. The van der Waals surface area contributed by atoms with Gasteiger partial charge in [0.25, 0.3) is 0 Å². The number of thioether (sulfide) groups is 1. The lowest BCUT2D eigenvalue weighted by Crippen LogP contribution is -2.58. The fraction of sp³-hybridized carbons (Fsp3) is 1.00. The van der Waals surface area contributed by atoms with E-state index < -0.39 is 0 Å². The van der Waals surface area contributed by atoms with E-state index in [1.807, 2.05) is 0 Å². The van der Waals surface area contributed by atoms with Crippen LogP contribution in [0.25, 0.3) is 0 Å². The van der Waals surface area contributed by atoms with Gasteiger partial charge in [-0.3, -0.25) is 9.80 Å². The third-order valence-electron chi connectivity index (χ3n) is 4.15. The van der Waals surface area contributed by atoms with Gasteiger partial charge in [0.05, 0.1) is 0 Å². The molecule has 16 heavy (non-hydrogen) atoms. The number of nitrogens with zero attached hydrogens (tertiary/aromatic N) is 2. The Balaban J connectivity index is 2.02. The monoisotopic (exact) mass is 243 g/mol. The molecule has 2 aliphatic heterocycles. The van der Waals surface area contributed by atoms with E-state index in [0.29, 0.717) is 6.04 Å². The molecule has 2 heterocycles. The number of hydrogen-bond acceptors (Lipinski definition) is 4. The van der Waals surface area contributed by atoms with E-state index in [0.717, 1.165) is 6.54 Å². The minimum Gasteiger partial charge on any atom is -0.329 e. The summed E-state index contributed by atoms with van der Waals surface area (Å²) in [6.07, 6.45) is 1.26.